The lowest BCUT2D eigenvalue weighted by Crippen LogP contribution is -2.27. The van der Waals surface area contributed by atoms with Gasteiger partial charge in [-0.1, -0.05) is 43.3 Å². The van der Waals surface area contributed by atoms with E-state index in [1.165, 1.54) is 13.0 Å². The van der Waals surface area contributed by atoms with Crippen molar-refractivity contribution in [2.75, 3.05) is 6.54 Å². The van der Waals surface area contributed by atoms with Crippen LogP contribution in [0.15, 0.2) is 58.4 Å². The Bertz CT molecular complexity index is 1040. The van der Waals surface area contributed by atoms with Crippen LogP contribution in [0.2, 0.25) is 0 Å². The maximum Gasteiger partial charge on any atom is 0.328 e. The number of hydrogen-bond acceptors (Lipinski definition) is 6. The summed E-state index contributed by atoms with van der Waals surface area (Å²) in [6.45, 7) is 3.11. The van der Waals surface area contributed by atoms with Crippen LogP contribution in [0.4, 0.5) is 0 Å². The van der Waals surface area contributed by atoms with E-state index in [2.05, 4.69) is 9.71 Å². The molecule has 1 aliphatic rings. The lowest BCUT2D eigenvalue weighted by molar-refractivity contribution is -0.144. The largest absolute Gasteiger partial charge is 0.453 e. The highest BCUT2D eigenvalue weighted by atomic mass is 32.2. The predicted octanol–water partition coefficient (Wildman–Crippen LogP) is 2.10. The number of benzene rings is 2. The molecule has 0 bridgehead atoms. The standard InChI is InChI=1S/C20H20N2O5S/c1-3-14-8-10-15(11-9-14)19(24)13(2)27-18(23)12-21-20-16-6-4-5-7-17(16)28(25,26)22-20/h4-11,13H,3,12H2,1-2H3,(H,21,22). The van der Waals surface area contributed by atoms with Crippen molar-refractivity contribution in [1.29, 1.82) is 0 Å². The molecule has 1 heterocycles. The quantitative estimate of drug-likeness (QED) is 0.591. The molecule has 0 spiro atoms. The molecule has 1 N–H and O–H groups in total. The van der Waals surface area contributed by atoms with Crippen LogP contribution in [0, 0.1) is 0 Å². The normalized spacial score (nSPS) is 16.9. The highest BCUT2D eigenvalue weighted by Crippen LogP contribution is 2.22. The van der Waals surface area contributed by atoms with Gasteiger partial charge in [0.1, 0.15) is 12.4 Å². The summed E-state index contributed by atoms with van der Waals surface area (Å²) in [5.74, 6) is -0.945. The van der Waals surface area contributed by atoms with Crippen molar-refractivity contribution < 1.29 is 22.7 Å². The Balaban J connectivity index is 1.64. The van der Waals surface area contributed by atoms with Gasteiger partial charge in [0.05, 0.1) is 4.90 Å². The average Bonchev–Trinajstić information content (AvgIpc) is 2.96. The fourth-order valence-electron chi connectivity index (χ4n) is 2.82. The first-order valence-electron chi connectivity index (χ1n) is 8.81. The SMILES string of the molecule is CCc1ccc(C(=O)C(C)OC(=O)CN=C2NS(=O)(=O)c3ccccc32)cc1. The Kier molecular flexibility index (Phi) is 5.60. The molecule has 0 fully saturated rings. The first kappa shape index (κ1) is 19.8. The molecule has 1 aliphatic heterocycles. The number of Topliss-reactive ketones (excluding diaryl/α,β-unsaturated/α-hetero) is 1. The molecular weight excluding hydrogens is 380 g/mol. The van der Waals surface area contributed by atoms with E-state index < -0.39 is 28.6 Å². The molecule has 2 aromatic carbocycles. The van der Waals surface area contributed by atoms with E-state index in [1.54, 1.807) is 30.3 Å². The summed E-state index contributed by atoms with van der Waals surface area (Å²) in [5.41, 5.74) is 1.97. The zero-order valence-electron chi connectivity index (χ0n) is 15.5. The van der Waals surface area contributed by atoms with E-state index in [0.29, 0.717) is 11.1 Å². The monoisotopic (exact) mass is 400 g/mol. The number of carbonyl (C=O) groups is 2. The molecule has 0 saturated heterocycles. The maximum absolute atomic E-state index is 12.4. The molecule has 7 nitrogen and oxygen atoms in total. The number of ether oxygens (including phenoxy) is 1. The number of aryl methyl sites for hydroxylation is 1. The summed E-state index contributed by atoms with van der Waals surface area (Å²) in [6.07, 6.45) is -0.0978. The van der Waals surface area contributed by atoms with Crippen LogP contribution in [-0.4, -0.2) is 38.7 Å². The Hall–Kier alpha value is -3.00. The molecule has 1 unspecified atom stereocenters. The van der Waals surface area contributed by atoms with Gasteiger partial charge in [-0.05, 0) is 31.0 Å². The topological polar surface area (TPSA) is 102 Å². The smallest absolute Gasteiger partial charge is 0.328 e. The summed E-state index contributed by atoms with van der Waals surface area (Å²) in [7, 11) is -3.67. The molecule has 8 heteroatoms. The zero-order chi connectivity index (χ0) is 20.3. The van der Waals surface area contributed by atoms with Crippen molar-refractivity contribution in [3.8, 4) is 0 Å². The minimum Gasteiger partial charge on any atom is -0.453 e. The van der Waals surface area contributed by atoms with Gasteiger partial charge in [-0.15, -0.1) is 0 Å². The van der Waals surface area contributed by atoms with Gasteiger partial charge in [-0.2, -0.15) is 0 Å². The van der Waals surface area contributed by atoms with Gasteiger partial charge in [0.25, 0.3) is 10.0 Å². The van der Waals surface area contributed by atoms with E-state index in [0.717, 1.165) is 12.0 Å². The molecule has 0 amide bonds. The number of carbonyl (C=O) groups excluding carboxylic acids is 2. The number of aliphatic imine (C=N–C) groups is 1. The molecule has 0 aliphatic carbocycles. The van der Waals surface area contributed by atoms with E-state index in [-0.39, 0.29) is 16.5 Å². The van der Waals surface area contributed by atoms with Gasteiger partial charge >= 0.3 is 5.97 Å². The number of esters is 1. The lowest BCUT2D eigenvalue weighted by Gasteiger charge is -2.12. The van der Waals surface area contributed by atoms with Gasteiger partial charge in [0.2, 0.25) is 5.78 Å². The van der Waals surface area contributed by atoms with Crippen LogP contribution in [0.3, 0.4) is 0 Å². The van der Waals surface area contributed by atoms with Crippen molar-refractivity contribution in [2.45, 2.75) is 31.3 Å². The molecule has 146 valence electrons. The number of fused-ring (bicyclic) bond motifs is 1. The van der Waals surface area contributed by atoms with Gasteiger partial charge < -0.3 is 4.74 Å². The highest BCUT2D eigenvalue weighted by molar-refractivity contribution is 7.90. The van der Waals surface area contributed by atoms with Crippen LogP contribution in [0.1, 0.15) is 35.3 Å². The van der Waals surface area contributed by atoms with E-state index in [9.17, 15) is 18.0 Å². The van der Waals surface area contributed by atoms with Crippen LogP contribution >= 0.6 is 0 Å². The Morgan fingerprint density at radius 3 is 2.46 bits per heavy atom. The third kappa shape index (κ3) is 4.12. The highest BCUT2D eigenvalue weighted by Gasteiger charge is 2.30. The minimum atomic E-state index is -3.67. The van der Waals surface area contributed by atoms with Crippen LogP contribution in [0.5, 0.6) is 0 Å². The molecule has 2 aromatic rings. The van der Waals surface area contributed by atoms with Crippen LogP contribution in [0.25, 0.3) is 0 Å². The van der Waals surface area contributed by atoms with Crippen molar-refractivity contribution in [3.05, 3.63) is 65.2 Å². The number of hydrogen-bond donors (Lipinski definition) is 1. The van der Waals surface area contributed by atoms with Crippen LogP contribution in [-0.2, 0) is 26.0 Å². The number of rotatable bonds is 6. The Labute approximate surface area is 163 Å². The summed E-state index contributed by atoms with van der Waals surface area (Å²) >= 11 is 0. The van der Waals surface area contributed by atoms with Gasteiger partial charge in [0.15, 0.2) is 6.10 Å². The second-order valence-electron chi connectivity index (χ2n) is 6.31. The molecule has 0 saturated carbocycles. The number of sulfonamides is 1. The average molecular weight is 400 g/mol. The third-order valence-corrected chi connectivity index (χ3v) is 5.75. The molecule has 0 radical (unpaired) electrons. The van der Waals surface area contributed by atoms with Gasteiger partial charge in [0, 0.05) is 11.1 Å². The van der Waals surface area contributed by atoms with Crippen molar-refractivity contribution >= 4 is 27.6 Å². The summed E-state index contributed by atoms with van der Waals surface area (Å²) < 4.78 is 31.5. The summed E-state index contributed by atoms with van der Waals surface area (Å²) in [4.78, 5) is 28.6. The Morgan fingerprint density at radius 2 is 1.79 bits per heavy atom. The number of nitrogens with one attached hydrogen (secondary N) is 1. The van der Waals surface area contributed by atoms with Crippen LogP contribution < -0.4 is 4.72 Å². The minimum absolute atomic E-state index is 0.0849. The van der Waals surface area contributed by atoms with E-state index in [1.807, 2.05) is 19.1 Å². The molecular formula is C20H20N2O5S. The van der Waals surface area contributed by atoms with Gasteiger partial charge in [-0.25, -0.2) is 8.42 Å². The fraction of sp³-hybridized carbons (Fsp3) is 0.250. The van der Waals surface area contributed by atoms with E-state index >= 15 is 0 Å². The third-order valence-electron chi connectivity index (χ3n) is 4.35. The molecule has 0 aromatic heterocycles. The summed E-state index contributed by atoms with van der Waals surface area (Å²) in [6, 6.07) is 13.5. The first-order chi connectivity index (χ1) is 13.3. The molecule has 28 heavy (non-hydrogen) atoms. The second-order valence-corrected chi connectivity index (χ2v) is 7.96. The molecule has 1 atom stereocenters. The van der Waals surface area contributed by atoms with E-state index in [4.69, 9.17) is 4.74 Å². The van der Waals surface area contributed by atoms with Crippen molar-refractivity contribution in [2.24, 2.45) is 4.99 Å². The number of nitrogens with zero attached hydrogens (tertiary/aromatic N) is 1. The maximum atomic E-state index is 12.4. The Morgan fingerprint density at radius 1 is 1.11 bits per heavy atom. The summed E-state index contributed by atoms with van der Waals surface area (Å²) in [5, 5.41) is 0. The van der Waals surface area contributed by atoms with Crippen molar-refractivity contribution in [1.82, 2.24) is 4.72 Å². The number of amidine groups is 1. The van der Waals surface area contributed by atoms with Crippen molar-refractivity contribution in [3.63, 3.8) is 0 Å². The fourth-order valence-corrected chi connectivity index (χ4v) is 4.07. The zero-order valence-corrected chi connectivity index (χ0v) is 16.3. The number of ketones is 1. The lowest BCUT2D eigenvalue weighted by atomic mass is 10.0. The predicted molar refractivity (Wildman–Crippen MR) is 104 cm³/mol. The second kappa shape index (κ2) is 7.93. The molecule has 3 rings (SSSR count). The van der Waals surface area contributed by atoms with Gasteiger partial charge in [-0.3, -0.25) is 19.3 Å². The first-order valence-corrected chi connectivity index (χ1v) is 10.3.